The lowest BCUT2D eigenvalue weighted by atomic mass is 10.1. The van der Waals surface area contributed by atoms with E-state index in [9.17, 15) is 8.42 Å². The summed E-state index contributed by atoms with van der Waals surface area (Å²) >= 11 is 0. The fraction of sp³-hybridized carbons (Fsp3) is 0.538. The molecule has 0 aliphatic carbocycles. The molecule has 0 atom stereocenters. The average Bonchev–Trinajstić information content (AvgIpc) is 2.25. The number of rotatable bonds is 5. The molecule has 108 valence electrons. The Morgan fingerprint density at radius 1 is 1.26 bits per heavy atom. The zero-order valence-electron chi connectivity index (χ0n) is 12.2. The first kappa shape index (κ1) is 15.9. The topological polar surface area (TPSA) is 75.4 Å². The van der Waals surface area contributed by atoms with Crippen LogP contribution in [0, 0.1) is 6.92 Å². The Morgan fingerprint density at radius 2 is 1.84 bits per heavy atom. The molecule has 0 amide bonds. The summed E-state index contributed by atoms with van der Waals surface area (Å²) in [5.74, 6) is 0. The maximum absolute atomic E-state index is 12.2. The van der Waals surface area contributed by atoms with Gasteiger partial charge in [0.15, 0.2) is 0 Å². The molecule has 0 aliphatic rings. The van der Waals surface area contributed by atoms with E-state index in [-0.39, 0.29) is 10.4 Å². The predicted octanol–water partition coefficient (Wildman–Crippen LogP) is 1.20. The van der Waals surface area contributed by atoms with Gasteiger partial charge in [-0.25, -0.2) is 13.1 Å². The third-order valence-electron chi connectivity index (χ3n) is 3.29. The highest BCUT2D eigenvalue weighted by atomic mass is 32.2. The molecular weight excluding hydrogens is 262 g/mol. The molecule has 0 aliphatic heterocycles. The van der Waals surface area contributed by atoms with Gasteiger partial charge in [0.2, 0.25) is 10.0 Å². The summed E-state index contributed by atoms with van der Waals surface area (Å²) in [5, 5.41) is 0. The molecule has 0 radical (unpaired) electrons. The van der Waals surface area contributed by atoms with Crippen LogP contribution in [0.4, 0.5) is 5.69 Å². The summed E-state index contributed by atoms with van der Waals surface area (Å²) in [7, 11) is 0.303. The van der Waals surface area contributed by atoms with Crippen molar-refractivity contribution in [2.75, 3.05) is 26.4 Å². The first-order chi connectivity index (χ1) is 8.54. The number of nitrogens with zero attached hydrogens (tertiary/aromatic N) is 1. The molecule has 3 N–H and O–H groups in total. The van der Waals surface area contributed by atoms with Crippen LogP contribution in [0.25, 0.3) is 0 Å². The third-order valence-corrected chi connectivity index (χ3v) is 4.67. The molecule has 0 saturated heterocycles. The number of hydrogen-bond acceptors (Lipinski definition) is 4. The highest BCUT2D eigenvalue weighted by Gasteiger charge is 2.24. The molecule has 0 fully saturated rings. The lowest BCUT2D eigenvalue weighted by molar-refractivity contribution is 0.199. The van der Waals surface area contributed by atoms with Crippen molar-refractivity contribution in [2.24, 2.45) is 0 Å². The number of anilines is 1. The number of sulfonamides is 1. The van der Waals surface area contributed by atoms with Crippen LogP contribution in [0.3, 0.4) is 0 Å². The molecule has 0 bridgehead atoms. The van der Waals surface area contributed by atoms with Gasteiger partial charge >= 0.3 is 0 Å². The largest absolute Gasteiger partial charge is 0.399 e. The van der Waals surface area contributed by atoms with Gasteiger partial charge in [-0.15, -0.1) is 0 Å². The average molecular weight is 285 g/mol. The quantitative estimate of drug-likeness (QED) is 0.797. The van der Waals surface area contributed by atoms with E-state index in [1.807, 2.05) is 39.8 Å². The van der Waals surface area contributed by atoms with Gasteiger partial charge in [-0.05, 0) is 58.6 Å². The van der Waals surface area contributed by atoms with E-state index < -0.39 is 10.0 Å². The van der Waals surface area contributed by atoms with E-state index in [0.29, 0.717) is 12.2 Å². The molecule has 6 heteroatoms. The second-order valence-corrected chi connectivity index (χ2v) is 7.38. The van der Waals surface area contributed by atoms with Crippen molar-refractivity contribution >= 4 is 15.7 Å². The van der Waals surface area contributed by atoms with Crippen LogP contribution >= 0.6 is 0 Å². The fourth-order valence-corrected chi connectivity index (χ4v) is 2.79. The first-order valence-corrected chi connectivity index (χ1v) is 7.57. The van der Waals surface area contributed by atoms with Gasteiger partial charge in [0.1, 0.15) is 0 Å². The lowest BCUT2D eigenvalue weighted by Crippen LogP contribution is -2.48. The summed E-state index contributed by atoms with van der Waals surface area (Å²) in [6.45, 7) is 6.09. The maximum atomic E-state index is 12.2. The van der Waals surface area contributed by atoms with E-state index in [1.54, 1.807) is 12.1 Å². The highest BCUT2D eigenvalue weighted by Crippen LogP contribution is 2.17. The van der Waals surface area contributed by atoms with Gasteiger partial charge in [0, 0.05) is 17.8 Å². The van der Waals surface area contributed by atoms with Crippen molar-refractivity contribution in [1.29, 1.82) is 0 Å². The van der Waals surface area contributed by atoms with Crippen LogP contribution in [0.2, 0.25) is 0 Å². The Hall–Kier alpha value is -1.11. The summed E-state index contributed by atoms with van der Waals surface area (Å²) in [6.07, 6.45) is 0. The van der Waals surface area contributed by atoms with E-state index >= 15 is 0 Å². The number of benzene rings is 1. The third kappa shape index (κ3) is 4.19. The molecule has 1 rings (SSSR count). The zero-order valence-corrected chi connectivity index (χ0v) is 13.0. The summed E-state index contributed by atoms with van der Waals surface area (Å²) < 4.78 is 27.1. The van der Waals surface area contributed by atoms with Crippen molar-refractivity contribution in [3.8, 4) is 0 Å². The monoisotopic (exact) mass is 285 g/mol. The Kier molecular flexibility index (Phi) is 4.60. The van der Waals surface area contributed by atoms with E-state index in [0.717, 1.165) is 5.56 Å². The normalized spacial score (nSPS) is 12.9. The zero-order chi connectivity index (χ0) is 14.8. The van der Waals surface area contributed by atoms with E-state index in [2.05, 4.69) is 4.72 Å². The van der Waals surface area contributed by atoms with Gasteiger partial charge < -0.3 is 10.6 Å². The second-order valence-electron chi connectivity index (χ2n) is 5.61. The molecular formula is C13H23N3O2S. The fourth-order valence-electron chi connectivity index (χ4n) is 1.44. The van der Waals surface area contributed by atoms with Gasteiger partial charge in [-0.3, -0.25) is 0 Å². The summed E-state index contributed by atoms with van der Waals surface area (Å²) in [4.78, 5) is 2.18. The maximum Gasteiger partial charge on any atom is 0.240 e. The van der Waals surface area contributed by atoms with Gasteiger partial charge in [-0.1, -0.05) is 0 Å². The molecule has 19 heavy (non-hydrogen) atoms. The minimum atomic E-state index is -3.53. The van der Waals surface area contributed by atoms with Crippen molar-refractivity contribution < 1.29 is 8.42 Å². The molecule has 0 heterocycles. The van der Waals surface area contributed by atoms with Gasteiger partial charge in [0.05, 0.1) is 4.90 Å². The van der Waals surface area contributed by atoms with Crippen LogP contribution in [-0.2, 0) is 10.0 Å². The van der Waals surface area contributed by atoms with Crippen LogP contribution in [0.1, 0.15) is 19.4 Å². The Labute approximate surface area is 115 Å². The number of nitrogens with one attached hydrogen (secondary N) is 1. The van der Waals surface area contributed by atoms with Crippen LogP contribution in [0.5, 0.6) is 0 Å². The number of nitrogen functional groups attached to an aromatic ring is 1. The van der Waals surface area contributed by atoms with Crippen LogP contribution in [-0.4, -0.2) is 39.5 Å². The van der Waals surface area contributed by atoms with Crippen molar-refractivity contribution in [3.05, 3.63) is 23.8 Å². The van der Waals surface area contributed by atoms with E-state index in [4.69, 9.17) is 5.73 Å². The molecule has 0 spiro atoms. The van der Waals surface area contributed by atoms with Crippen molar-refractivity contribution in [1.82, 2.24) is 9.62 Å². The molecule has 1 aromatic rings. The standard InChI is InChI=1S/C13H23N3O2S/c1-10-6-11(14)8-12(7-10)19(17,18)15-9-13(2,3)16(4)5/h6-8,15H,9,14H2,1-5H3. The highest BCUT2D eigenvalue weighted by molar-refractivity contribution is 7.89. The Bertz CT molecular complexity index is 531. The Morgan fingerprint density at radius 3 is 2.32 bits per heavy atom. The number of aryl methyl sites for hydroxylation is 1. The molecule has 0 unspecified atom stereocenters. The molecule has 5 nitrogen and oxygen atoms in total. The minimum absolute atomic E-state index is 0.208. The molecule has 1 aromatic carbocycles. The minimum Gasteiger partial charge on any atom is -0.399 e. The smallest absolute Gasteiger partial charge is 0.240 e. The Balaban J connectivity index is 2.93. The number of hydrogen-bond donors (Lipinski definition) is 2. The predicted molar refractivity (Wildman–Crippen MR) is 78.5 cm³/mol. The molecule has 0 aromatic heterocycles. The van der Waals surface area contributed by atoms with E-state index in [1.165, 1.54) is 6.07 Å². The van der Waals surface area contributed by atoms with Gasteiger partial charge in [-0.2, -0.15) is 0 Å². The first-order valence-electron chi connectivity index (χ1n) is 6.09. The van der Waals surface area contributed by atoms with Crippen molar-refractivity contribution in [2.45, 2.75) is 31.2 Å². The van der Waals surface area contributed by atoms with Gasteiger partial charge in [0.25, 0.3) is 0 Å². The second kappa shape index (κ2) is 5.48. The SMILES string of the molecule is Cc1cc(N)cc(S(=O)(=O)NCC(C)(C)N(C)C)c1. The lowest BCUT2D eigenvalue weighted by Gasteiger charge is -2.32. The number of nitrogens with two attached hydrogens (primary N) is 1. The number of likely N-dealkylation sites (N-methyl/N-ethyl adjacent to an activating group) is 1. The van der Waals surface area contributed by atoms with Crippen LogP contribution in [0.15, 0.2) is 23.1 Å². The molecule has 0 saturated carbocycles. The van der Waals surface area contributed by atoms with Crippen molar-refractivity contribution in [3.63, 3.8) is 0 Å². The van der Waals surface area contributed by atoms with Crippen LogP contribution < -0.4 is 10.5 Å². The summed E-state index contributed by atoms with van der Waals surface area (Å²) in [5.41, 5.74) is 6.70. The summed E-state index contributed by atoms with van der Waals surface area (Å²) in [6, 6.07) is 4.82.